The molecule has 0 unspecified atom stereocenters. The molecule has 9 nitrogen and oxygen atoms in total. The molecule has 42 heavy (non-hydrogen) atoms. The van der Waals surface area contributed by atoms with E-state index < -0.39 is 8.07 Å². The zero-order valence-electron chi connectivity index (χ0n) is 25.6. The van der Waals surface area contributed by atoms with E-state index in [-0.39, 0.29) is 5.91 Å². The van der Waals surface area contributed by atoms with Crippen LogP contribution in [-0.2, 0) is 16.3 Å². The van der Waals surface area contributed by atoms with Crippen molar-refractivity contribution in [3.05, 3.63) is 73.4 Å². The van der Waals surface area contributed by atoms with Gasteiger partial charge in [0, 0.05) is 69.0 Å². The van der Waals surface area contributed by atoms with E-state index >= 15 is 0 Å². The Morgan fingerprint density at radius 1 is 1.02 bits per heavy atom. The number of likely N-dealkylation sites (N-methyl/N-ethyl adjacent to an activating group) is 2. The van der Waals surface area contributed by atoms with E-state index in [4.69, 9.17) is 14.7 Å². The van der Waals surface area contributed by atoms with Crippen LogP contribution in [0.2, 0.25) is 25.7 Å². The normalized spacial score (nSPS) is 11.6. The summed E-state index contributed by atoms with van der Waals surface area (Å²) in [5, 5.41) is 7.15. The molecule has 0 radical (unpaired) electrons. The number of benzene rings is 2. The summed E-state index contributed by atoms with van der Waals surface area (Å²) < 4.78 is 8.08. The van der Waals surface area contributed by atoms with Gasteiger partial charge in [0.05, 0.1) is 5.69 Å². The molecule has 2 aromatic carbocycles. The fourth-order valence-corrected chi connectivity index (χ4v) is 5.09. The van der Waals surface area contributed by atoms with Crippen LogP contribution in [0.15, 0.2) is 73.4 Å². The van der Waals surface area contributed by atoms with Gasteiger partial charge < -0.3 is 29.7 Å². The molecule has 1 amide bonds. The van der Waals surface area contributed by atoms with Crippen molar-refractivity contribution in [1.29, 1.82) is 0 Å². The number of carbonyl (C=O) groups excluding carboxylic acids is 1. The van der Waals surface area contributed by atoms with Crippen LogP contribution in [0.1, 0.15) is 0 Å². The second-order valence-corrected chi connectivity index (χ2v) is 17.6. The molecule has 0 bridgehead atoms. The molecule has 0 spiro atoms. The van der Waals surface area contributed by atoms with Crippen molar-refractivity contribution in [3.63, 3.8) is 0 Å². The highest BCUT2D eigenvalue weighted by atomic mass is 28.3. The van der Waals surface area contributed by atoms with E-state index in [1.54, 1.807) is 0 Å². The molecular formula is C32H43N7O2Si. The third kappa shape index (κ3) is 8.51. The molecule has 2 heterocycles. The van der Waals surface area contributed by atoms with Gasteiger partial charge in [-0.25, -0.2) is 4.98 Å². The molecule has 0 aliphatic rings. The summed E-state index contributed by atoms with van der Waals surface area (Å²) in [5.41, 5.74) is 5.10. The third-order valence-corrected chi connectivity index (χ3v) is 8.59. The van der Waals surface area contributed by atoms with Gasteiger partial charge >= 0.3 is 0 Å². The molecule has 222 valence electrons. The highest BCUT2D eigenvalue weighted by Gasteiger charge is 2.16. The van der Waals surface area contributed by atoms with Crippen LogP contribution in [0, 0.1) is 0 Å². The largest absolute Gasteiger partial charge is 0.373 e. The molecule has 0 saturated carbocycles. The van der Waals surface area contributed by atoms with Crippen molar-refractivity contribution in [2.75, 3.05) is 56.4 Å². The number of aromatic nitrogens is 3. The molecule has 0 aliphatic heterocycles. The smallest absolute Gasteiger partial charge is 0.247 e. The lowest BCUT2D eigenvalue weighted by molar-refractivity contribution is -0.111. The molecule has 0 saturated heterocycles. The Kier molecular flexibility index (Phi) is 10.2. The summed E-state index contributed by atoms with van der Waals surface area (Å²) in [6.07, 6.45) is 3.24. The second kappa shape index (κ2) is 13.8. The number of carbonyl (C=O) groups is 1. The minimum Gasteiger partial charge on any atom is -0.373 e. The van der Waals surface area contributed by atoms with Gasteiger partial charge in [-0.05, 0) is 68.7 Å². The van der Waals surface area contributed by atoms with Crippen LogP contribution >= 0.6 is 0 Å². The number of hydrogen-bond acceptors (Lipinski definition) is 7. The number of anilines is 4. The van der Waals surface area contributed by atoms with Gasteiger partial charge in [-0.1, -0.05) is 38.4 Å². The zero-order chi connectivity index (χ0) is 30.3. The summed E-state index contributed by atoms with van der Waals surface area (Å²) in [4.78, 5) is 26.2. The maximum atomic E-state index is 11.9. The van der Waals surface area contributed by atoms with Crippen LogP contribution in [0.3, 0.4) is 0 Å². The van der Waals surface area contributed by atoms with E-state index in [0.29, 0.717) is 18.4 Å². The minimum absolute atomic E-state index is 0.264. The summed E-state index contributed by atoms with van der Waals surface area (Å²) >= 11 is 0. The lowest BCUT2D eigenvalue weighted by Gasteiger charge is -2.21. The van der Waals surface area contributed by atoms with E-state index in [0.717, 1.165) is 59.4 Å². The van der Waals surface area contributed by atoms with Crippen LogP contribution in [0.5, 0.6) is 0 Å². The Morgan fingerprint density at radius 2 is 1.79 bits per heavy atom. The predicted molar refractivity (Wildman–Crippen MR) is 177 cm³/mol. The molecule has 4 rings (SSSR count). The van der Waals surface area contributed by atoms with Crippen molar-refractivity contribution in [2.45, 2.75) is 32.4 Å². The van der Waals surface area contributed by atoms with E-state index in [1.165, 1.54) is 6.08 Å². The first kappa shape index (κ1) is 31.0. The van der Waals surface area contributed by atoms with Gasteiger partial charge in [0.1, 0.15) is 12.4 Å². The van der Waals surface area contributed by atoms with Crippen LogP contribution < -0.4 is 15.5 Å². The Morgan fingerprint density at radius 3 is 2.48 bits per heavy atom. The Balaban J connectivity index is 1.65. The third-order valence-electron chi connectivity index (χ3n) is 6.88. The average molecular weight is 586 g/mol. The van der Waals surface area contributed by atoms with Crippen molar-refractivity contribution in [3.8, 4) is 11.3 Å². The highest BCUT2D eigenvalue weighted by molar-refractivity contribution is 6.76. The molecule has 10 heteroatoms. The zero-order valence-corrected chi connectivity index (χ0v) is 26.6. The van der Waals surface area contributed by atoms with Crippen molar-refractivity contribution >= 4 is 48.0 Å². The van der Waals surface area contributed by atoms with Crippen LogP contribution in [0.4, 0.5) is 23.0 Å². The van der Waals surface area contributed by atoms with Crippen molar-refractivity contribution in [1.82, 2.24) is 19.4 Å². The number of fused-ring (bicyclic) bond motifs is 1. The van der Waals surface area contributed by atoms with Crippen LogP contribution in [-0.4, -0.2) is 74.3 Å². The number of amides is 1. The average Bonchev–Trinajstić information content (AvgIpc) is 3.36. The van der Waals surface area contributed by atoms with Gasteiger partial charge in [0.2, 0.25) is 11.9 Å². The van der Waals surface area contributed by atoms with Gasteiger partial charge in [-0.2, -0.15) is 4.98 Å². The number of nitrogens with one attached hydrogen (secondary N) is 2. The van der Waals surface area contributed by atoms with Gasteiger partial charge in [0.25, 0.3) is 0 Å². The standard InChI is InChI=1S/C32H43N7O2Si/c1-8-29(40)33-26-11-9-10-24(22-26)30-28-16-17-39(23-41-20-21-42(5,6)7)31(28)36-32(35-30)34-25-12-14-27(15-13-25)38(4)19-18-37(2)3/h8-17,22H,1,18-21,23H2,2-7H3,(H,33,40)(H,34,35,36). The van der Waals surface area contributed by atoms with Gasteiger partial charge in [0.15, 0.2) is 0 Å². The highest BCUT2D eigenvalue weighted by Crippen LogP contribution is 2.31. The molecule has 0 atom stereocenters. The molecule has 0 fully saturated rings. The molecular weight excluding hydrogens is 542 g/mol. The van der Waals surface area contributed by atoms with Crippen molar-refractivity contribution in [2.24, 2.45) is 0 Å². The van der Waals surface area contributed by atoms with E-state index in [2.05, 4.69) is 79.9 Å². The lowest BCUT2D eigenvalue weighted by Crippen LogP contribution is -2.28. The minimum atomic E-state index is -1.19. The van der Waals surface area contributed by atoms with Crippen molar-refractivity contribution < 1.29 is 9.53 Å². The summed E-state index contributed by atoms with van der Waals surface area (Å²) in [7, 11) is 5.07. The topological polar surface area (TPSA) is 87.6 Å². The van der Waals surface area contributed by atoms with Gasteiger partial charge in [-0.3, -0.25) is 4.79 Å². The maximum Gasteiger partial charge on any atom is 0.247 e. The fourth-order valence-electron chi connectivity index (χ4n) is 4.33. The quantitative estimate of drug-likeness (QED) is 0.102. The maximum absolute atomic E-state index is 11.9. The molecule has 2 aromatic heterocycles. The summed E-state index contributed by atoms with van der Waals surface area (Å²) in [5.74, 6) is 0.216. The Labute approximate surface area is 250 Å². The summed E-state index contributed by atoms with van der Waals surface area (Å²) in [6.45, 7) is 13.6. The fraction of sp³-hybridized carbons (Fsp3) is 0.344. The van der Waals surface area contributed by atoms with E-state index in [9.17, 15) is 4.79 Å². The first-order valence-electron chi connectivity index (χ1n) is 14.2. The number of nitrogens with zero attached hydrogens (tertiary/aromatic N) is 5. The monoisotopic (exact) mass is 585 g/mol. The SMILES string of the molecule is C=CC(=O)Nc1cccc(-c2nc(Nc3ccc(N(C)CCN(C)C)cc3)nc3c2ccn3COCC[Si](C)(C)C)c1. The first-order chi connectivity index (χ1) is 20.0. The lowest BCUT2D eigenvalue weighted by atomic mass is 10.1. The van der Waals surface area contributed by atoms with Crippen LogP contribution in [0.25, 0.3) is 22.3 Å². The Hall–Kier alpha value is -3.99. The molecule has 4 aromatic rings. The number of rotatable bonds is 14. The summed E-state index contributed by atoms with van der Waals surface area (Å²) in [6, 6.07) is 19.0. The predicted octanol–water partition coefficient (Wildman–Crippen LogP) is 6.28. The number of hydrogen-bond donors (Lipinski definition) is 2. The van der Waals surface area contributed by atoms with E-state index in [1.807, 2.05) is 53.2 Å². The van der Waals surface area contributed by atoms with Gasteiger partial charge in [-0.15, -0.1) is 0 Å². The Bertz CT molecular complexity index is 1510. The second-order valence-electron chi connectivity index (χ2n) is 11.9. The molecule has 0 aliphatic carbocycles. The first-order valence-corrected chi connectivity index (χ1v) is 17.9. The molecule has 2 N–H and O–H groups in total. The number of ether oxygens (including phenoxy) is 1.